The highest BCUT2D eigenvalue weighted by Gasteiger charge is 2.50. The fourth-order valence-corrected chi connectivity index (χ4v) is 5.15. The lowest BCUT2D eigenvalue weighted by molar-refractivity contribution is -0.139. The molecule has 1 N–H and O–H groups in total. The number of likely N-dealkylation sites (tertiary alicyclic amines) is 1. The van der Waals surface area contributed by atoms with Gasteiger partial charge in [-0.05, 0) is 50.2 Å². The van der Waals surface area contributed by atoms with Gasteiger partial charge in [0, 0.05) is 51.5 Å². The van der Waals surface area contributed by atoms with E-state index in [0.717, 1.165) is 38.6 Å². The number of anilines is 1. The van der Waals surface area contributed by atoms with Crippen molar-refractivity contribution in [3.05, 3.63) is 24.0 Å². The monoisotopic (exact) mass is 447 g/mol. The number of hydrogen-bond donors (Lipinski definition) is 1. The third kappa shape index (κ3) is 4.85. The van der Waals surface area contributed by atoms with E-state index in [2.05, 4.69) is 10.2 Å². The van der Waals surface area contributed by atoms with Crippen molar-refractivity contribution < 1.29 is 23.5 Å². The smallest absolute Gasteiger partial charge is 0.410 e. The molecule has 3 fully saturated rings. The van der Waals surface area contributed by atoms with Crippen molar-refractivity contribution in [2.24, 2.45) is 11.3 Å². The van der Waals surface area contributed by atoms with Gasteiger partial charge in [0.2, 0.25) is 5.91 Å². The third-order valence-corrected chi connectivity index (χ3v) is 6.88. The van der Waals surface area contributed by atoms with Crippen LogP contribution < -0.4 is 15.0 Å². The second kappa shape index (κ2) is 9.65. The molecule has 3 heterocycles. The van der Waals surface area contributed by atoms with Crippen LogP contribution in [-0.2, 0) is 9.53 Å². The Hall–Kier alpha value is -2.35. The molecule has 0 radical (unpaired) electrons. The summed E-state index contributed by atoms with van der Waals surface area (Å²) in [7, 11) is 0. The summed E-state index contributed by atoms with van der Waals surface area (Å²) in [6.07, 6.45) is 3.72. The largest absolute Gasteiger partial charge is 0.412 e. The van der Waals surface area contributed by atoms with Crippen LogP contribution in [0.1, 0.15) is 46.0 Å². The molecule has 1 spiro atoms. The molecular weight excluding hydrogens is 413 g/mol. The van der Waals surface area contributed by atoms with Crippen molar-refractivity contribution in [3.8, 4) is 5.75 Å². The number of hydrogen-bond acceptors (Lipinski definition) is 5. The summed E-state index contributed by atoms with van der Waals surface area (Å²) in [5, 5.41) is 2.65. The SMILES string of the molecule is CC(C)CNC(=O)Oc1ccc(N2CCC[C@@]3(CCN(C4CCOCC4)C3=O)C2)c(F)c1. The van der Waals surface area contributed by atoms with E-state index in [4.69, 9.17) is 9.47 Å². The molecule has 0 unspecified atom stereocenters. The van der Waals surface area contributed by atoms with E-state index in [0.29, 0.717) is 44.5 Å². The Kier molecular flexibility index (Phi) is 6.88. The highest BCUT2D eigenvalue weighted by Crippen LogP contribution is 2.43. The third-order valence-electron chi connectivity index (χ3n) is 6.88. The number of benzene rings is 1. The summed E-state index contributed by atoms with van der Waals surface area (Å²) in [6, 6.07) is 4.77. The first-order chi connectivity index (χ1) is 15.4. The van der Waals surface area contributed by atoms with E-state index < -0.39 is 17.3 Å². The summed E-state index contributed by atoms with van der Waals surface area (Å²) in [6.45, 7) is 7.89. The van der Waals surface area contributed by atoms with Crippen LogP contribution in [0, 0.1) is 17.2 Å². The molecule has 1 aromatic rings. The van der Waals surface area contributed by atoms with Crippen molar-refractivity contribution in [1.82, 2.24) is 10.2 Å². The van der Waals surface area contributed by atoms with Gasteiger partial charge in [-0.25, -0.2) is 9.18 Å². The Morgan fingerprint density at radius 1 is 1.28 bits per heavy atom. The fraction of sp³-hybridized carbons (Fsp3) is 0.667. The van der Waals surface area contributed by atoms with Crippen LogP contribution in [-0.4, -0.2) is 62.3 Å². The van der Waals surface area contributed by atoms with Crippen LogP contribution >= 0.6 is 0 Å². The lowest BCUT2D eigenvalue weighted by atomic mass is 9.78. The van der Waals surface area contributed by atoms with Crippen LogP contribution in [0.3, 0.4) is 0 Å². The highest BCUT2D eigenvalue weighted by atomic mass is 19.1. The molecule has 3 saturated heterocycles. The Morgan fingerprint density at radius 3 is 2.78 bits per heavy atom. The minimum Gasteiger partial charge on any atom is -0.410 e. The van der Waals surface area contributed by atoms with Crippen LogP contribution in [0.4, 0.5) is 14.9 Å². The standard InChI is InChI=1S/C24H34FN3O4/c1-17(2)15-26-23(30)32-19-4-5-21(20(25)14-19)27-10-3-8-24(16-27)9-11-28(22(24)29)18-6-12-31-13-7-18/h4-5,14,17-18H,3,6-13,15-16H2,1-2H3,(H,26,30)/t24-/m1/s1. The van der Waals surface area contributed by atoms with Gasteiger partial charge >= 0.3 is 6.09 Å². The van der Waals surface area contributed by atoms with Crippen LogP contribution in [0.25, 0.3) is 0 Å². The highest BCUT2D eigenvalue weighted by molar-refractivity contribution is 5.86. The average molecular weight is 448 g/mol. The zero-order valence-corrected chi connectivity index (χ0v) is 19.1. The molecule has 32 heavy (non-hydrogen) atoms. The predicted octanol–water partition coefficient (Wildman–Crippen LogP) is 3.57. The maximum Gasteiger partial charge on any atom is 0.412 e. The zero-order chi connectivity index (χ0) is 22.7. The number of nitrogens with one attached hydrogen (secondary N) is 1. The van der Waals surface area contributed by atoms with Gasteiger partial charge in [0.1, 0.15) is 11.6 Å². The predicted molar refractivity (Wildman–Crippen MR) is 119 cm³/mol. The topological polar surface area (TPSA) is 71.1 Å². The molecule has 2 amide bonds. The second-order valence-electron chi connectivity index (χ2n) is 9.68. The van der Waals surface area contributed by atoms with Gasteiger partial charge in [-0.1, -0.05) is 13.8 Å². The van der Waals surface area contributed by atoms with Gasteiger partial charge in [-0.2, -0.15) is 0 Å². The number of halogens is 1. The number of piperidine rings is 1. The van der Waals surface area contributed by atoms with Crippen LogP contribution in [0.15, 0.2) is 18.2 Å². The molecule has 3 aliphatic heterocycles. The second-order valence-corrected chi connectivity index (χ2v) is 9.68. The van der Waals surface area contributed by atoms with Gasteiger partial charge in [0.25, 0.3) is 0 Å². The molecule has 3 aliphatic rings. The maximum absolute atomic E-state index is 15.0. The number of nitrogens with zero attached hydrogens (tertiary/aromatic N) is 2. The summed E-state index contributed by atoms with van der Waals surface area (Å²) >= 11 is 0. The molecule has 0 bridgehead atoms. The number of ether oxygens (including phenoxy) is 2. The van der Waals surface area contributed by atoms with Gasteiger partial charge < -0.3 is 24.6 Å². The lowest BCUT2D eigenvalue weighted by Gasteiger charge is -2.41. The van der Waals surface area contributed by atoms with Crippen molar-refractivity contribution in [3.63, 3.8) is 0 Å². The molecule has 0 aromatic heterocycles. The molecule has 1 aromatic carbocycles. The maximum atomic E-state index is 15.0. The van der Waals surface area contributed by atoms with E-state index >= 15 is 0 Å². The molecule has 4 rings (SSSR count). The van der Waals surface area contributed by atoms with Gasteiger partial charge in [-0.15, -0.1) is 0 Å². The molecule has 8 heteroatoms. The zero-order valence-electron chi connectivity index (χ0n) is 19.1. The average Bonchev–Trinajstić information content (AvgIpc) is 3.08. The summed E-state index contributed by atoms with van der Waals surface area (Å²) < 4.78 is 25.6. The number of carbonyl (C=O) groups excluding carboxylic acids is 2. The van der Waals surface area contributed by atoms with Crippen molar-refractivity contribution in [2.75, 3.05) is 44.3 Å². The number of rotatable bonds is 5. The summed E-state index contributed by atoms with van der Waals surface area (Å²) in [5.41, 5.74) is 0.0193. The summed E-state index contributed by atoms with van der Waals surface area (Å²) in [4.78, 5) is 29.3. The van der Waals surface area contributed by atoms with Crippen molar-refractivity contribution >= 4 is 17.7 Å². The van der Waals surface area contributed by atoms with Gasteiger partial charge in [0.05, 0.1) is 11.1 Å². The van der Waals surface area contributed by atoms with E-state index in [1.54, 1.807) is 12.1 Å². The molecule has 0 saturated carbocycles. The Labute approximate surface area is 189 Å². The molecular formula is C24H34FN3O4. The first kappa shape index (κ1) is 22.8. The quantitative estimate of drug-likeness (QED) is 0.747. The Balaban J connectivity index is 1.42. The fourth-order valence-electron chi connectivity index (χ4n) is 5.15. The van der Waals surface area contributed by atoms with Crippen LogP contribution in [0.2, 0.25) is 0 Å². The number of carbonyl (C=O) groups is 2. The van der Waals surface area contributed by atoms with E-state index in [9.17, 15) is 14.0 Å². The normalized spacial score (nSPS) is 24.4. The van der Waals surface area contributed by atoms with E-state index in [1.165, 1.54) is 6.07 Å². The van der Waals surface area contributed by atoms with E-state index in [1.807, 2.05) is 18.7 Å². The molecule has 1 atom stereocenters. The first-order valence-corrected chi connectivity index (χ1v) is 11.8. The molecule has 0 aliphatic carbocycles. The minimum atomic E-state index is -0.590. The van der Waals surface area contributed by atoms with E-state index in [-0.39, 0.29) is 17.7 Å². The first-order valence-electron chi connectivity index (χ1n) is 11.8. The lowest BCUT2D eigenvalue weighted by Crippen LogP contribution is -2.50. The van der Waals surface area contributed by atoms with Crippen molar-refractivity contribution in [1.29, 1.82) is 0 Å². The van der Waals surface area contributed by atoms with Crippen LogP contribution in [0.5, 0.6) is 5.75 Å². The minimum absolute atomic E-state index is 0.168. The summed E-state index contributed by atoms with van der Waals surface area (Å²) in [5.74, 6) is 0.245. The Bertz CT molecular complexity index is 843. The van der Waals surface area contributed by atoms with Gasteiger partial charge in [-0.3, -0.25) is 4.79 Å². The van der Waals surface area contributed by atoms with Crippen molar-refractivity contribution in [2.45, 2.75) is 52.0 Å². The molecule has 176 valence electrons. The van der Waals surface area contributed by atoms with Gasteiger partial charge in [0.15, 0.2) is 0 Å². The molecule has 7 nitrogen and oxygen atoms in total. The Morgan fingerprint density at radius 2 is 2.06 bits per heavy atom. The number of amides is 2.